The van der Waals surface area contributed by atoms with E-state index in [0.717, 1.165) is 20.7 Å². The predicted octanol–water partition coefficient (Wildman–Crippen LogP) is 3.22. The zero-order valence-electron chi connectivity index (χ0n) is 10.1. The van der Waals surface area contributed by atoms with Crippen LogP contribution in [0.4, 0.5) is 0 Å². The molecule has 1 atom stereocenters. The van der Waals surface area contributed by atoms with E-state index in [9.17, 15) is 0 Å². The fraction of sp³-hybridized carbons (Fsp3) is 0.308. The van der Waals surface area contributed by atoms with Crippen LogP contribution in [0.1, 0.15) is 18.0 Å². The summed E-state index contributed by atoms with van der Waals surface area (Å²) in [5.74, 6) is 0. The molecule has 1 aromatic carbocycles. The van der Waals surface area contributed by atoms with Crippen molar-refractivity contribution in [2.75, 3.05) is 13.2 Å². The topological polar surface area (TPSA) is 45.1 Å². The van der Waals surface area contributed by atoms with Crippen LogP contribution >= 0.6 is 27.3 Å². The molecule has 5 heteroatoms. The third-order valence-corrected chi connectivity index (χ3v) is 4.15. The minimum absolute atomic E-state index is 0.148. The molecule has 0 saturated carbocycles. The van der Waals surface area contributed by atoms with Gasteiger partial charge >= 0.3 is 0 Å². The lowest BCUT2D eigenvalue weighted by molar-refractivity contribution is 0.286. The van der Waals surface area contributed by atoms with Crippen LogP contribution in [0.25, 0.3) is 11.3 Å². The molecule has 0 aliphatic rings. The number of aliphatic hydroxyl groups excluding tert-OH is 1. The average molecular weight is 327 g/mol. The Labute approximate surface area is 119 Å². The number of nitrogens with one attached hydrogen (secondary N) is 1. The van der Waals surface area contributed by atoms with E-state index in [2.05, 4.69) is 50.7 Å². The van der Waals surface area contributed by atoms with Gasteiger partial charge in [0.05, 0.1) is 18.3 Å². The second kappa shape index (κ2) is 6.43. The lowest BCUT2D eigenvalue weighted by Gasteiger charge is -2.08. The number of rotatable bonds is 5. The Morgan fingerprint density at radius 3 is 2.78 bits per heavy atom. The zero-order chi connectivity index (χ0) is 13.0. The van der Waals surface area contributed by atoms with Crippen molar-refractivity contribution in [2.45, 2.75) is 13.0 Å². The summed E-state index contributed by atoms with van der Waals surface area (Å²) in [6.45, 7) is 2.80. The number of hydrogen-bond donors (Lipinski definition) is 2. The molecule has 2 rings (SSSR count). The van der Waals surface area contributed by atoms with Gasteiger partial charge in [-0.3, -0.25) is 0 Å². The van der Waals surface area contributed by atoms with Gasteiger partial charge in [0.2, 0.25) is 0 Å². The molecule has 18 heavy (non-hydrogen) atoms. The fourth-order valence-corrected chi connectivity index (χ4v) is 2.73. The quantitative estimate of drug-likeness (QED) is 0.886. The SMILES string of the molecule is C[C@H](NCCO)c1nc(-c2ccc(Br)cc2)cs1. The van der Waals surface area contributed by atoms with Gasteiger partial charge < -0.3 is 10.4 Å². The Morgan fingerprint density at radius 1 is 1.39 bits per heavy atom. The molecule has 0 bridgehead atoms. The minimum Gasteiger partial charge on any atom is -0.395 e. The molecule has 0 amide bonds. The largest absolute Gasteiger partial charge is 0.395 e. The molecule has 3 nitrogen and oxygen atoms in total. The average Bonchev–Trinajstić information content (AvgIpc) is 2.86. The van der Waals surface area contributed by atoms with Crippen molar-refractivity contribution in [1.29, 1.82) is 0 Å². The number of aliphatic hydroxyl groups is 1. The van der Waals surface area contributed by atoms with Crippen LogP contribution < -0.4 is 5.32 Å². The van der Waals surface area contributed by atoms with Gasteiger partial charge in [0.25, 0.3) is 0 Å². The number of halogens is 1. The van der Waals surface area contributed by atoms with Crippen molar-refractivity contribution in [2.24, 2.45) is 0 Å². The van der Waals surface area contributed by atoms with E-state index in [0.29, 0.717) is 6.54 Å². The van der Waals surface area contributed by atoms with Crippen molar-refractivity contribution < 1.29 is 5.11 Å². The first kappa shape index (κ1) is 13.7. The molecule has 0 aliphatic heterocycles. The third kappa shape index (κ3) is 3.38. The highest BCUT2D eigenvalue weighted by atomic mass is 79.9. The van der Waals surface area contributed by atoms with Crippen LogP contribution in [0.3, 0.4) is 0 Å². The minimum atomic E-state index is 0.148. The maximum Gasteiger partial charge on any atom is 0.110 e. The number of benzene rings is 1. The van der Waals surface area contributed by atoms with Crippen LogP contribution in [-0.2, 0) is 0 Å². The molecule has 1 heterocycles. The summed E-state index contributed by atoms with van der Waals surface area (Å²) >= 11 is 5.06. The Balaban J connectivity index is 2.12. The van der Waals surface area contributed by atoms with E-state index in [4.69, 9.17) is 5.11 Å². The van der Waals surface area contributed by atoms with Crippen molar-refractivity contribution >= 4 is 27.3 Å². The van der Waals surface area contributed by atoms with E-state index in [1.807, 2.05) is 12.1 Å². The summed E-state index contributed by atoms with van der Waals surface area (Å²) in [5.41, 5.74) is 2.12. The zero-order valence-corrected chi connectivity index (χ0v) is 12.5. The van der Waals surface area contributed by atoms with Gasteiger partial charge in [0, 0.05) is 22.0 Å². The van der Waals surface area contributed by atoms with E-state index in [1.54, 1.807) is 11.3 Å². The molecule has 0 unspecified atom stereocenters. The van der Waals surface area contributed by atoms with Gasteiger partial charge in [-0.2, -0.15) is 0 Å². The van der Waals surface area contributed by atoms with Crippen LogP contribution in [0.2, 0.25) is 0 Å². The molecule has 0 spiro atoms. The number of aromatic nitrogens is 1. The Bertz CT molecular complexity index is 498. The molecule has 0 saturated heterocycles. The summed E-state index contributed by atoms with van der Waals surface area (Å²) in [4.78, 5) is 4.62. The molecule has 0 radical (unpaired) electrons. The van der Waals surface area contributed by atoms with E-state index < -0.39 is 0 Å². The lowest BCUT2D eigenvalue weighted by atomic mass is 10.2. The first-order valence-electron chi connectivity index (χ1n) is 5.76. The first-order chi connectivity index (χ1) is 8.70. The lowest BCUT2D eigenvalue weighted by Crippen LogP contribution is -2.21. The molecule has 1 aromatic heterocycles. The second-order valence-corrected chi connectivity index (χ2v) is 5.78. The van der Waals surface area contributed by atoms with Crippen molar-refractivity contribution in [3.63, 3.8) is 0 Å². The first-order valence-corrected chi connectivity index (χ1v) is 7.43. The van der Waals surface area contributed by atoms with Crippen molar-refractivity contribution in [1.82, 2.24) is 10.3 Å². The van der Waals surface area contributed by atoms with Gasteiger partial charge in [0.15, 0.2) is 0 Å². The predicted molar refractivity (Wildman–Crippen MR) is 78.8 cm³/mol. The standard InChI is InChI=1S/C13H15BrN2OS/c1-9(15-6-7-17)13-16-12(8-18-13)10-2-4-11(14)5-3-10/h2-5,8-9,15,17H,6-7H2,1H3/t9-/m0/s1. The van der Waals surface area contributed by atoms with Crippen molar-refractivity contribution in [3.05, 3.63) is 39.1 Å². The van der Waals surface area contributed by atoms with Gasteiger partial charge in [-0.05, 0) is 19.1 Å². The summed E-state index contributed by atoms with van der Waals surface area (Å²) in [6.07, 6.45) is 0. The maximum absolute atomic E-state index is 8.79. The Kier molecular flexibility index (Phi) is 4.88. The second-order valence-electron chi connectivity index (χ2n) is 3.98. The summed E-state index contributed by atoms with van der Waals surface area (Å²) in [6, 6.07) is 8.30. The van der Waals surface area contributed by atoms with Gasteiger partial charge in [-0.15, -0.1) is 11.3 Å². The summed E-state index contributed by atoms with van der Waals surface area (Å²) in [5, 5.41) is 15.1. The monoisotopic (exact) mass is 326 g/mol. The van der Waals surface area contributed by atoms with E-state index >= 15 is 0 Å². The molecule has 0 fully saturated rings. The fourth-order valence-electron chi connectivity index (χ4n) is 1.61. The highest BCUT2D eigenvalue weighted by Gasteiger charge is 2.10. The number of thiazole rings is 1. The molecular weight excluding hydrogens is 312 g/mol. The highest BCUT2D eigenvalue weighted by molar-refractivity contribution is 9.10. The van der Waals surface area contributed by atoms with Gasteiger partial charge in [-0.1, -0.05) is 28.1 Å². The van der Waals surface area contributed by atoms with Crippen LogP contribution in [0.5, 0.6) is 0 Å². The normalized spacial score (nSPS) is 12.6. The molecule has 2 aromatic rings. The summed E-state index contributed by atoms with van der Waals surface area (Å²) < 4.78 is 1.07. The molecular formula is C13H15BrN2OS. The van der Waals surface area contributed by atoms with Gasteiger partial charge in [-0.25, -0.2) is 4.98 Å². The maximum atomic E-state index is 8.79. The molecule has 96 valence electrons. The van der Waals surface area contributed by atoms with Gasteiger partial charge in [0.1, 0.15) is 5.01 Å². The smallest absolute Gasteiger partial charge is 0.110 e. The summed E-state index contributed by atoms with van der Waals surface area (Å²) in [7, 11) is 0. The molecule has 0 aliphatic carbocycles. The number of nitrogens with zero attached hydrogens (tertiary/aromatic N) is 1. The van der Waals surface area contributed by atoms with E-state index in [1.165, 1.54) is 0 Å². The van der Waals surface area contributed by atoms with Crippen LogP contribution in [0, 0.1) is 0 Å². The Morgan fingerprint density at radius 2 is 2.11 bits per heavy atom. The third-order valence-electron chi connectivity index (χ3n) is 2.59. The number of hydrogen-bond acceptors (Lipinski definition) is 4. The molecule has 2 N–H and O–H groups in total. The van der Waals surface area contributed by atoms with Crippen LogP contribution in [-0.4, -0.2) is 23.2 Å². The van der Waals surface area contributed by atoms with E-state index in [-0.39, 0.29) is 12.6 Å². The van der Waals surface area contributed by atoms with Crippen LogP contribution in [0.15, 0.2) is 34.1 Å². The Hall–Kier alpha value is -0.750. The highest BCUT2D eigenvalue weighted by Crippen LogP contribution is 2.26. The van der Waals surface area contributed by atoms with Crippen molar-refractivity contribution in [3.8, 4) is 11.3 Å².